The zero-order chi connectivity index (χ0) is 17.4. The number of ether oxygens (including phenoxy) is 1. The Morgan fingerprint density at radius 3 is 2.88 bits per heavy atom. The Bertz CT molecular complexity index is 574. The fourth-order valence-electron chi connectivity index (χ4n) is 2.79. The third-order valence-corrected chi connectivity index (χ3v) is 4.08. The summed E-state index contributed by atoms with van der Waals surface area (Å²) in [6.07, 6.45) is 1.11. The maximum atomic E-state index is 11.7. The lowest BCUT2D eigenvalue weighted by molar-refractivity contribution is 0.0963. The SMILES string of the molecule is CCNC(=NCc1cccc(C(=O)NC)c1)N(C)CC1CCOC1.I. The Hall–Kier alpha value is -1.35. The fraction of sp³-hybridized carbons (Fsp3) is 0.556. The van der Waals surface area contributed by atoms with Gasteiger partial charge in [-0.05, 0) is 31.0 Å². The number of guanidine groups is 1. The van der Waals surface area contributed by atoms with E-state index in [0.29, 0.717) is 18.0 Å². The molecule has 1 heterocycles. The van der Waals surface area contributed by atoms with Gasteiger partial charge < -0.3 is 20.3 Å². The standard InChI is InChI=1S/C18H28N4O2.HI/c1-4-20-18(22(3)12-15-8-9-24-13-15)21-11-14-6-5-7-16(10-14)17(23)19-2;/h5-7,10,15H,4,8-9,11-13H2,1-3H3,(H,19,23)(H,20,21);1H. The van der Waals surface area contributed by atoms with E-state index in [-0.39, 0.29) is 29.9 Å². The Labute approximate surface area is 167 Å². The lowest BCUT2D eigenvalue weighted by Gasteiger charge is -2.24. The molecule has 1 saturated heterocycles. The van der Waals surface area contributed by atoms with Gasteiger partial charge in [-0.25, -0.2) is 4.99 Å². The molecular formula is C18H29IN4O2. The predicted octanol–water partition coefficient (Wildman–Crippen LogP) is 2.10. The van der Waals surface area contributed by atoms with Crippen molar-refractivity contribution in [1.82, 2.24) is 15.5 Å². The number of hydrogen-bond donors (Lipinski definition) is 2. The van der Waals surface area contributed by atoms with Gasteiger partial charge >= 0.3 is 0 Å². The first-order valence-corrected chi connectivity index (χ1v) is 8.52. The van der Waals surface area contributed by atoms with Crippen molar-refractivity contribution in [2.24, 2.45) is 10.9 Å². The number of halogens is 1. The molecule has 1 unspecified atom stereocenters. The number of hydrogen-bond acceptors (Lipinski definition) is 3. The summed E-state index contributed by atoms with van der Waals surface area (Å²) in [6.45, 7) is 6.05. The molecule has 2 rings (SSSR count). The number of nitrogens with zero attached hydrogens (tertiary/aromatic N) is 2. The minimum absolute atomic E-state index is 0. The molecule has 0 aliphatic carbocycles. The van der Waals surface area contributed by atoms with Crippen LogP contribution in [0.15, 0.2) is 29.3 Å². The van der Waals surface area contributed by atoms with E-state index in [2.05, 4.69) is 29.5 Å². The molecule has 1 aliphatic heterocycles. The van der Waals surface area contributed by atoms with Crippen LogP contribution >= 0.6 is 24.0 Å². The second-order valence-electron chi connectivity index (χ2n) is 6.06. The van der Waals surface area contributed by atoms with Gasteiger partial charge in [-0.1, -0.05) is 12.1 Å². The molecule has 0 bridgehead atoms. The van der Waals surface area contributed by atoms with Crippen molar-refractivity contribution in [3.8, 4) is 0 Å². The van der Waals surface area contributed by atoms with E-state index in [1.807, 2.05) is 24.3 Å². The summed E-state index contributed by atoms with van der Waals surface area (Å²) >= 11 is 0. The second-order valence-corrected chi connectivity index (χ2v) is 6.06. The van der Waals surface area contributed by atoms with E-state index in [1.54, 1.807) is 7.05 Å². The Morgan fingerprint density at radius 2 is 2.24 bits per heavy atom. The molecule has 0 saturated carbocycles. The first-order valence-electron chi connectivity index (χ1n) is 8.52. The van der Waals surface area contributed by atoms with Crippen molar-refractivity contribution in [3.63, 3.8) is 0 Å². The average molecular weight is 460 g/mol. The third-order valence-electron chi connectivity index (χ3n) is 4.08. The van der Waals surface area contributed by atoms with Crippen LogP contribution in [0.4, 0.5) is 0 Å². The van der Waals surface area contributed by atoms with Gasteiger partial charge in [0.2, 0.25) is 0 Å². The summed E-state index contributed by atoms with van der Waals surface area (Å²) in [6, 6.07) is 7.58. The van der Waals surface area contributed by atoms with Crippen LogP contribution < -0.4 is 10.6 Å². The second kappa shape index (κ2) is 11.3. The van der Waals surface area contributed by atoms with Gasteiger partial charge in [0.15, 0.2) is 5.96 Å². The van der Waals surface area contributed by atoms with Crippen LogP contribution in [0.25, 0.3) is 0 Å². The smallest absolute Gasteiger partial charge is 0.251 e. The van der Waals surface area contributed by atoms with E-state index in [9.17, 15) is 4.79 Å². The summed E-state index contributed by atoms with van der Waals surface area (Å²) in [4.78, 5) is 18.6. The van der Waals surface area contributed by atoms with Gasteiger partial charge in [0.1, 0.15) is 0 Å². The van der Waals surface area contributed by atoms with Crippen LogP contribution in [0.1, 0.15) is 29.3 Å². The summed E-state index contributed by atoms with van der Waals surface area (Å²) in [5, 5.41) is 5.98. The molecule has 1 aliphatic rings. The first kappa shape index (κ1) is 21.7. The fourth-order valence-corrected chi connectivity index (χ4v) is 2.79. The minimum atomic E-state index is -0.0777. The van der Waals surface area contributed by atoms with Crippen molar-refractivity contribution >= 4 is 35.8 Å². The van der Waals surface area contributed by atoms with E-state index in [0.717, 1.165) is 44.2 Å². The Balaban J connectivity index is 0.00000312. The molecule has 25 heavy (non-hydrogen) atoms. The van der Waals surface area contributed by atoms with Gasteiger partial charge in [0.25, 0.3) is 5.91 Å². The molecule has 1 atom stereocenters. The number of carbonyl (C=O) groups is 1. The highest BCUT2D eigenvalue weighted by Gasteiger charge is 2.19. The zero-order valence-corrected chi connectivity index (χ0v) is 17.6. The quantitative estimate of drug-likeness (QED) is 0.388. The molecule has 6 nitrogen and oxygen atoms in total. The van der Waals surface area contributed by atoms with Crippen LogP contribution in [-0.4, -0.2) is 57.2 Å². The molecule has 1 fully saturated rings. The van der Waals surface area contributed by atoms with Crippen molar-refractivity contribution in [3.05, 3.63) is 35.4 Å². The summed E-state index contributed by atoms with van der Waals surface area (Å²) in [7, 11) is 3.69. The van der Waals surface area contributed by atoms with Crippen LogP contribution in [-0.2, 0) is 11.3 Å². The van der Waals surface area contributed by atoms with Gasteiger partial charge in [0.05, 0.1) is 13.2 Å². The van der Waals surface area contributed by atoms with Crippen molar-refractivity contribution < 1.29 is 9.53 Å². The Kier molecular flexibility index (Phi) is 9.81. The number of nitrogens with one attached hydrogen (secondary N) is 2. The van der Waals surface area contributed by atoms with E-state index in [4.69, 9.17) is 9.73 Å². The zero-order valence-electron chi connectivity index (χ0n) is 15.2. The largest absolute Gasteiger partial charge is 0.381 e. The molecule has 0 radical (unpaired) electrons. The maximum absolute atomic E-state index is 11.7. The summed E-state index contributed by atoms with van der Waals surface area (Å²) in [5.74, 6) is 1.37. The van der Waals surface area contributed by atoms with Crippen LogP contribution in [0.2, 0.25) is 0 Å². The van der Waals surface area contributed by atoms with E-state index in [1.165, 1.54) is 0 Å². The minimum Gasteiger partial charge on any atom is -0.381 e. The molecule has 0 aromatic heterocycles. The van der Waals surface area contributed by atoms with Gasteiger partial charge in [-0.15, -0.1) is 24.0 Å². The molecule has 7 heteroatoms. The summed E-state index contributed by atoms with van der Waals surface area (Å²) < 4.78 is 5.45. The third kappa shape index (κ3) is 6.81. The lowest BCUT2D eigenvalue weighted by Crippen LogP contribution is -2.41. The maximum Gasteiger partial charge on any atom is 0.251 e. The molecule has 1 aromatic rings. The molecule has 1 aromatic carbocycles. The van der Waals surface area contributed by atoms with Crippen LogP contribution in [0.5, 0.6) is 0 Å². The molecule has 140 valence electrons. The lowest BCUT2D eigenvalue weighted by atomic mass is 10.1. The number of amides is 1. The van der Waals surface area contributed by atoms with Crippen LogP contribution in [0, 0.1) is 5.92 Å². The summed E-state index contributed by atoms with van der Waals surface area (Å²) in [5.41, 5.74) is 1.68. The number of aliphatic imine (C=N–C) groups is 1. The topological polar surface area (TPSA) is 66.0 Å². The highest BCUT2D eigenvalue weighted by molar-refractivity contribution is 14.0. The number of carbonyl (C=O) groups excluding carboxylic acids is 1. The van der Waals surface area contributed by atoms with Gasteiger partial charge in [-0.3, -0.25) is 4.79 Å². The number of benzene rings is 1. The average Bonchev–Trinajstić information content (AvgIpc) is 3.11. The van der Waals surface area contributed by atoms with Crippen molar-refractivity contribution in [2.45, 2.75) is 19.9 Å². The molecule has 0 spiro atoms. The van der Waals surface area contributed by atoms with Crippen LogP contribution in [0.3, 0.4) is 0 Å². The normalized spacial score (nSPS) is 16.9. The van der Waals surface area contributed by atoms with E-state index >= 15 is 0 Å². The number of rotatable bonds is 6. The monoisotopic (exact) mass is 460 g/mol. The van der Waals surface area contributed by atoms with Gasteiger partial charge in [0, 0.05) is 45.3 Å². The predicted molar refractivity (Wildman–Crippen MR) is 112 cm³/mol. The van der Waals surface area contributed by atoms with E-state index < -0.39 is 0 Å². The molecular weight excluding hydrogens is 431 g/mol. The van der Waals surface area contributed by atoms with Gasteiger partial charge in [-0.2, -0.15) is 0 Å². The molecule has 2 N–H and O–H groups in total. The first-order chi connectivity index (χ1) is 11.6. The van der Waals surface area contributed by atoms with Crippen molar-refractivity contribution in [1.29, 1.82) is 0 Å². The highest BCUT2D eigenvalue weighted by Crippen LogP contribution is 2.13. The van der Waals surface area contributed by atoms with Crippen molar-refractivity contribution in [2.75, 3.05) is 40.4 Å². The molecule has 1 amide bonds. The highest BCUT2D eigenvalue weighted by atomic mass is 127. The Morgan fingerprint density at radius 1 is 1.44 bits per heavy atom.